The molecule has 1 fully saturated rings. The van der Waals surface area contributed by atoms with Crippen LogP contribution in [0.3, 0.4) is 0 Å². The summed E-state index contributed by atoms with van der Waals surface area (Å²) in [5.74, 6) is 2.74. The van der Waals surface area contributed by atoms with E-state index in [0.29, 0.717) is 41.3 Å². The molecule has 0 spiro atoms. The Hall–Kier alpha value is -5.48. The number of H-pyrrole nitrogens is 2. The van der Waals surface area contributed by atoms with E-state index in [0.717, 1.165) is 46.5 Å². The second-order valence-electron chi connectivity index (χ2n) is 27.8. The molecule has 7 heterocycles. The van der Waals surface area contributed by atoms with Gasteiger partial charge in [-0.15, -0.1) is 0 Å². The fourth-order valence-corrected chi connectivity index (χ4v) is 10.2. The zero-order valence-electron chi connectivity index (χ0n) is 62.0. The molecular formula is C70H121N13O7W2. The number of aryl methyl sites for hydroxylation is 2. The van der Waals surface area contributed by atoms with Crippen molar-refractivity contribution in [3.8, 4) is 0 Å². The van der Waals surface area contributed by atoms with Crippen molar-refractivity contribution in [1.82, 2.24) is 62.7 Å². The molecule has 0 aromatic carbocycles. The Kier molecular flexibility index (Phi) is 39.8. The minimum Gasteiger partial charge on any atom is -0.340 e. The number of carbonyl (C=O) groups is 1. The summed E-state index contributed by atoms with van der Waals surface area (Å²) in [5, 5.41) is 10.1. The number of likely N-dealkylation sites (tertiary alicyclic amines) is 1. The predicted molar refractivity (Wildman–Crippen MR) is 371 cm³/mol. The maximum Gasteiger partial charge on any atom is 0.272 e. The van der Waals surface area contributed by atoms with E-state index in [2.05, 4.69) is 53.0 Å². The van der Waals surface area contributed by atoms with Gasteiger partial charge in [0.1, 0.15) is 5.69 Å². The molecule has 1 saturated heterocycles. The number of aromatic nitrogens is 12. The van der Waals surface area contributed by atoms with Gasteiger partial charge in [0.2, 0.25) is 5.91 Å². The van der Waals surface area contributed by atoms with E-state index in [1.165, 1.54) is 11.1 Å². The van der Waals surface area contributed by atoms with Crippen molar-refractivity contribution in [2.75, 3.05) is 6.54 Å². The third-order valence-electron chi connectivity index (χ3n) is 15.4. The fourth-order valence-electron chi connectivity index (χ4n) is 10.2. The number of hydrogen-bond donors (Lipinski definition) is 2. The molecule has 1 unspecified atom stereocenters. The van der Waals surface area contributed by atoms with Crippen LogP contribution in [0.25, 0.3) is 0 Å². The zero-order chi connectivity index (χ0) is 69.7. The number of aromatic amines is 2. The summed E-state index contributed by atoms with van der Waals surface area (Å²) >= 11 is 0. The van der Waals surface area contributed by atoms with Crippen LogP contribution in [0.1, 0.15) is 318 Å². The molecule has 2 N–H and O–H groups in total. The van der Waals surface area contributed by atoms with Crippen LogP contribution < -0.4 is 33.4 Å². The van der Waals surface area contributed by atoms with Crippen molar-refractivity contribution in [2.45, 2.75) is 291 Å². The van der Waals surface area contributed by atoms with Crippen molar-refractivity contribution in [3.05, 3.63) is 151 Å². The molecule has 1 amide bonds. The number of carbonyl (C=O) groups excluding carboxylic acids is 1. The topological polar surface area (TPSA) is 227 Å². The van der Waals surface area contributed by atoms with Crippen LogP contribution in [-0.4, -0.2) is 81.2 Å². The Morgan fingerprint density at radius 3 is 1.38 bits per heavy atom. The molecule has 0 saturated carbocycles. The monoisotopic (exact) mass is 1620 g/mol. The quantitative estimate of drug-likeness (QED) is 0.105. The predicted octanol–water partition coefficient (Wildman–Crippen LogP) is 14.1. The van der Waals surface area contributed by atoms with Crippen LogP contribution >= 0.6 is 0 Å². The van der Waals surface area contributed by atoms with Crippen LogP contribution in [0.4, 0.5) is 0 Å². The molecule has 0 radical (unpaired) electrons. The minimum atomic E-state index is 0. The molecular weight excluding hydrogens is 1500 g/mol. The number of piperidine rings is 1. The van der Waals surface area contributed by atoms with Gasteiger partial charge >= 0.3 is 0 Å². The first kappa shape index (κ1) is 88.6. The zero-order valence-corrected chi connectivity index (χ0v) is 67.9. The molecule has 0 bridgehead atoms. The third kappa shape index (κ3) is 25.7. The van der Waals surface area contributed by atoms with E-state index >= 15 is 0 Å². The van der Waals surface area contributed by atoms with E-state index in [4.69, 9.17) is 0 Å². The molecule has 22 heteroatoms. The average molecular weight is 1620 g/mol. The van der Waals surface area contributed by atoms with Crippen LogP contribution in [0.2, 0.25) is 0 Å². The molecule has 520 valence electrons. The Labute approximate surface area is 579 Å². The second-order valence-corrected chi connectivity index (χ2v) is 27.8. The molecule has 1 aliphatic heterocycles. The summed E-state index contributed by atoms with van der Waals surface area (Å²) in [5.41, 5.74) is 6.48. The maximum atomic E-state index is 11.9. The van der Waals surface area contributed by atoms with Crippen LogP contribution in [0, 0.1) is 18.8 Å². The number of hydrogen-bond acceptors (Lipinski definition) is 10. The van der Waals surface area contributed by atoms with E-state index in [1.54, 1.807) is 66.6 Å². The summed E-state index contributed by atoms with van der Waals surface area (Å²) in [6, 6.07) is 3.33. The molecule has 7 rings (SSSR count). The van der Waals surface area contributed by atoms with Crippen LogP contribution in [0.15, 0.2) is 78.3 Å². The first-order valence-electron chi connectivity index (χ1n) is 33.0. The van der Waals surface area contributed by atoms with Crippen molar-refractivity contribution < 1.29 is 46.9 Å². The Balaban J connectivity index is 0. The van der Waals surface area contributed by atoms with Gasteiger partial charge < -0.3 is 14.6 Å². The summed E-state index contributed by atoms with van der Waals surface area (Å²) in [7, 11) is 1.91. The molecule has 6 aromatic heterocycles. The van der Waals surface area contributed by atoms with Gasteiger partial charge in [-0.05, 0) is 158 Å². The van der Waals surface area contributed by atoms with Crippen LogP contribution in [-0.2, 0) is 54.0 Å². The maximum absolute atomic E-state index is 11.9. The fraction of sp³-hybridized carbons (Fsp3) is 0.686. The van der Waals surface area contributed by atoms with Crippen molar-refractivity contribution >= 4 is 5.91 Å². The van der Waals surface area contributed by atoms with E-state index < -0.39 is 0 Å². The Morgan fingerprint density at radius 2 is 1.02 bits per heavy atom. The van der Waals surface area contributed by atoms with Crippen molar-refractivity contribution in [1.29, 1.82) is 0 Å². The van der Waals surface area contributed by atoms with E-state index in [9.17, 15) is 33.6 Å². The summed E-state index contributed by atoms with van der Waals surface area (Å²) < 4.78 is 11.9. The number of rotatable bonds is 14. The van der Waals surface area contributed by atoms with E-state index in [-0.39, 0.29) is 135 Å². The van der Waals surface area contributed by atoms with E-state index in [1.807, 2.05) is 196 Å². The normalized spacial score (nSPS) is 13.0. The van der Waals surface area contributed by atoms with Crippen molar-refractivity contribution in [3.63, 3.8) is 0 Å². The summed E-state index contributed by atoms with van der Waals surface area (Å²) in [6.07, 6.45) is 14.4. The first-order chi connectivity index (χ1) is 41.6. The molecule has 20 nitrogen and oxygen atoms in total. The van der Waals surface area contributed by atoms with Gasteiger partial charge in [-0.2, -0.15) is 5.10 Å². The smallest absolute Gasteiger partial charge is 0.272 e. The van der Waals surface area contributed by atoms with Crippen LogP contribution in [0.5, 0.6) is 0 Å². The molecule has 92 heavy (non-hydrogen) atoms. The SMILES string of the molecule is CC(C)C1CCCN(C(C)C)C1=O.CC(C)c1c[nH]n(C(C)C)c1=O.CC(C)c1ccnn(C(C)C)c1=O.CC(C)c1cn(C)n(C(C)C)c1=O.CC(C)c1cncn(C(C)C)c1=O.CC(C)c1nccn(C(C)C)c1=O.Cc1[nH]n(C(C)C)c(=O)c1C(C)C.[W].[W]. The third-order valence-corrected chi connectivity index (χ3v) is 15.4. The number of nitrogens with zero attached hydrogens (tertiary/aromatic N) is 11. The molecule has 1 aliphatic rings. The van der Waals surface area contributed by atoms with Gasteiger partial charge in [0.25, 0.3) is 33.4 Å². The summed E-state index contributed by atoms with van der Waals surface area (Å²) in [4.78, 5) is 92.6. The van der Waals surface area contributed by atoms with Gasteiger partial charge in [-0.3, -0.25) is 62.3 Å². The van der Waals surface area contributed by atoms with Gasteiger partial charge in [0.05, 0.1) is 12.4 Å². The number of nitrogens with one attached hydrogen (secondary N) is 2. The first-order valence-corrected chi connectivity index (χ1v) is 33.0. The van der Waals surface area contributed by atoms with Crippen molar-refractivity contribution in [2.24, 2.45) is 18.9 Å². The summed E-state index contributed by atoms with van der Waals surface area (Å²) in [6.45, 7) is 59.5. The Morgan fingerprint density at radius 1 is 0.500 bits per heavy atom. The van der Waals surface area contributed by atoms with Gasteiger partial charge in [-0.25, -0.2) is 14.3 Å². The molecule has 1 atom stereocenters. The second kappa shape index (κ2) is 41.4. The minimum absolute atomic E-state index is 0. The molecule has 0 aliphatic carbocycles. The standard InChI is InChI=1S/C11H21NO.C10H18N2O.3C10H16N2O.C10H18N2O.C9H16N2O.2W/c1-8(2)10-6-5-7-12(9(3)4)11(10)13;1-7(2)9-6-11(5)12(8(3)4)10(9)13;1-7(2)9-5-11-6-12(8(3)4)10(9)13;1-7(2)9-10(13)12(8(3)4)6-5-11-9;1-7(2)9-5-6-11-12(8(3)4)10(9)13;1-6(2)9-8(5)11-12(7(3)4)10(9)13;1-6(2)8-5-10-11(7(3)4)9(8)12;;/h8-10H,5-7H2,1-4H3;6-8H,1-5H3;3*5-8H,1-4H3;6-7,11H,1-5H3;5-7,10H,1-4H3;;. The van der Waals surface area contributed by atoms with Gasteiger partial charge in [-0.1, -0.05) is 96.9 Å². The number of amides is 1. The Bertz CT molecular complexity index is 3110. The molecule has 6 aromatic rings. The van der Waals surface area contributed by atoms with Gasteiger partial charge in [0.15, 0.2) is 0 Å². The van der Waals surface area contributed by atoms with Gasteiger partial charge in [0, 0.05) is 175 Å². The largest absolute Gasteiger partial charge is 0.340 e. The average Bonchev–Trinajstić information content (AvgIpc) is 2.76.